The molecule has 0 aliphatic heterocycles. The van der Waals surface area contributed by atoms with E-state index in [4.69, 9.17) is 0 Å². The number of aromatic nitrogens is 3. The molecule has 0 bridgehead atoms. The molecule has 1 aromatic rings. The Morgan fingerprint density at radius 3 is 2.61 bits per heavy atom. The summed E-state index contributed by atoms with van der Waals surface area (Å²) in [5.74, 6) is -1.96. The highest BCUT2D eigenvalue weighted by molar-refractivity contribution is 5.75. The maximum Gasteiger partial charge on any atom is 0.451 e. The lowest BCUT2D eigenvalue weighted by Crippen LogP contribution is -2.33. The summed E-state index contributed by atoms with van der Waals surface area (Å²) in [5.41, 5.74) is -1.00. The van der Waals surface area contributed by atoms with Crippen molar-refractivity contribution in [2.24, 2.45) is 7.05 Å². The van der Waals surface area contributed by atoms with Crippen molar-refractivity contribution < 1.29 is 18.0 Å². The van der Waals surface area contributed by atoms with Gasteiger partial charge in [0, 0.05) is 13.6 Å². The van der Waals surface area contributed by atoms with Crippen LogP contribution in [0.5, 0.6) is 0 Å². The van der Waals surface area contributed by atoms with Crippen LogP contribution >= 0.6 is 0 Å². The van der Waals surface area contributed by atoms with Gasteiger partial charge in [-0.2, -0.15) is 13.2 Å². The minimum absolute atomic E-state index is 0.159. The van der Waals surface area contributed by atoms with E-state index in [0.29, 0.717) is 9.25 Å². The highest BCUT2D eigenvalue weighted by Crippen LogP contribution is 2.25. The number of hydrogen-bond donors (Lipinski definition) is 1. The van der Waals surface area contributed by atoms with Gasteiger partial charge in [0.25, 0.3) is 0 Å². The van der Waals surface area contributed by atoms with E-state index < -0.39 is 30.1 Å². The molecule has 18 heavy (non-hydrogen) atoms. The molecule has 0 saturated heterocycles. The molecule has 0 fully saturated rings. The normalized spacial score (nSPS) is 11.3. The van der Waals surface area contributed by atoms with Crippen molar-refractivity contribution in [1.29, 1.82) is 0 Å². The van der Waals surface area contributed by atoms with Gasteiger partial charge in [-0.25, -0.2) is 9.48 Å². The van der Waals surface area contributed by atoms with Crippen LogP contribution in [0, 0.1) is 0 Å². The minimum atomic E-state index is -4.74. The second-order valence-electron chi connectivity index (χ2n) is 3.41. The summed E-state index contributed by atoms with van der Waals surface area (Å²) in [4.78, 5) is 22.7. The fraction of sp³-hybridized carbons (Fsp3) is 0.444. The zero-order valence-corrected chi connectivity index (χ0v) is 9.49. The molecule has 0 saturated carbocycles. The Kier molecular flexibility index (Phi) is 3.94. The second kappa shape index (κ2) is 5.07. The van der Waals surface area contributed by atoms with Crippen LogP contribution in [0.25, 0.3) is 0 Å². The Labute approximate surface area is 99.7 Å². The van der Waals surface area contributed by atoms with Crippen molar-refractivity contribution in [2.75, 3.05) is 6.54 Å². The van der Waals surface area contributed by atoms with Crippen LogP contribution in [0.4, 0.5) is 13.2 Å². The zero-order valence-electron chi connectivity index (χ0n) is 9.49. The van der Waals surface area contributed by atoms with E-state index in [2.05, 4.69) is 17.0 Å². The monoisotopic (exact) mass is 264 g/mol. The molecule has 1 amide bonds. The molecule has 1 aromatic heterocycles. The van der Waals surface area contributed by atoms with Crippen molar-refractivity contribution in [3.8, 4) is 0 Å². The summed E-state index contributed by atoms with van der Waals surface area (Å²) >= 11 is 0. The maximum absolute atomic E-state index is 12.4. The SMILES string of the molecule is C=CCNC(=O)Cn1nc(C(F)(F)F)n(C)c1=O. The van der Waals surface area contributed by atoms with Crippen LogP contribution in [0.15, 0.2) is 17.4 Å². The number of hydrogen-bond acceptors (Lipinski definition) is 3. The number of carbonyl (C=O) groups is 1. The van der Waals surface area contributed by atoms with Gasteiger partial charge in [0.05, 0.1) is 0 Å². The molecule has 0 spiro atoms. The largest absolute Gasteiger partial charge is 0.451 e. The quantitative estimate of drug-likeness (QED) is 0.772. The molecule has 0 aliphatic rings. The third-order valence-corrected chi connectivity index (χ3v) is 2.03. The smallest absolute Gasteiger partial charge is 0.351 e. The molecule has 0 atom stereocenters. The number of halogens is 3. The second-order valence-corrected chi connectivity index (χ2v) is 3.41. The molecule has 0 aliphatic carbocycles. The molecule has 100 valence electrons. The summed E-state index contributed by atoms with van der Waals surface area (Å²) in [6.07, 6.45) is -3.34. The van der Waals surface area contributed by atoms with Crippen molar-refractivity contribution in [3.63, 3.8) is 0 Å². The Hall–Kier alpha value is -2.06. The standard InChI is InChI=1S/C9H11F3N4O2/c1-3-4-13-6(17)5-16-8(18)15(2)7(14-16)9(10,11)12/h3H,1,4-5H2,2H3,(H,13,17). The van der Waals surface area contributed by atoms with E-state index >= 15 is 0 Å². The lowest BCUT2D eigenvalue weighted by molar-refractivity contribution is -0.147. The van der Waals surface area contributed by atoms with Crippen LogP contribution in [0.2, 0.25) is 0 Å². The van der Waals surface area contributed by atoms with E-state index in [1.807, 2.05) is 0 Å². The molecule has 0 radical (unpaired) electrons. The van der Waals surface area contributed by atoms with Gasteiger partial charge in [0.1, 0.15) is 6.54 Å². The molecule has 1 rings (SSSR count). The first-order valence-corrected chi connectivity index (χ1v) is 4.86. The highest BCUT2D eigenvalue weighted by Gasteiger charge is 2.38. The molecule has 1 heterocycles. The predicted octanol–water partition coefficient (Wildman–Crippen LogP) is -0.0972. The first kappa shape index (κ1) is 14.0. The fourth-order valence-electron chi connectivity index (χ4n) is 1.22. The highest BCUT2D eigenvalue weighted by atomic mass is 19.4. The van der Waals surface area contributed by atoms with Crippen LogP contribution in [-0.2, 0) is 24.6 Å². The first-order chi connectivity index (χ1) is 8.27. The first-order valence-electron chi connectivity index (χ1n) is 4.86. The number of alkyl halides is 3. The summed E-state index contributed by atoms with van der Waals surface area (Å²) in [7, 11) is 0.941. The molecule has 0 aromatic carbocycles. The van der Waals surface area contributed by atoms with Crippen LogP contribution in [-0.4, -0.2) is 26.8 Å². The predicted molar refractivity (Wildman–Crippen MR) is 55.7 cm³/mol. The van der Waals surface area contributed by atoms with Gasteiger partial charge in [-0.3, -0.25) is 9.36 Å². The third-order valence-electron chi connectivity index (χ3n) is 2.03. The Balaban J connectivity index is 2.95. The van der Waals surface area contributed by atoms with Crippen LogP contribution in [0.3, 0.4) is 0 Å². The van der Waals surface area contributed by atoms with Crippen molar-refractivity contribution >= 4 is 5.91 Å². The zero-order chi connectivity index (χ0) is 13.9. The number of nitrogens with one attached hydrogen (secondary N) is 1. The van der Waals surface area contributed by atoms with E-state index in [9.17, 15) is 22.8 Å². The van der Waals surface area contributed by atoms with Gasteiger partial charge in [-0.15, -0.1) is 11.7 Å². The number of carbonyl (C=O) groups excluding carboxylic acids is 1. The van der Waals surface area contributed by atoms with Gasteiger partial charge < -0.3 is 5.32 Å². The molecular weight excluding hydrogens is 253 g/mol. The molecule has 9 heteroatoms. The Morgan fingerprint density at radius 2 is 2.17 bits per heavy atom. The van der Waals surface area contributed by atoms with Gasteiger partial charge in [0.2, 0.25) is 11.7 Å². The number of amides is 1. The van der Waals surface area contributed by atoms with Gasteiger partial charge in [-0.05, 0) is 0 Å². The lowest BCUT2D eigenvalue weighted by atomic mass is 10.5. The Bertz CT molecular complexity index is 515. The van der Waals surface area contributed by atoms with E-state index in [0.717, 1.165) is 7.05 Å². The summed E-state index contributed by atoms with van der Waals surface area (Å²) in [6, 6.07) is 0. The summed E-state index contributed by atoms with van der Waals surface area (Å²) in [6.45, 7) is 2.94. The van der Waals surface area contributed by atoms with Crippen LogP contribution < -0.4 is 11.0 Å². The number of nitrogens with zero attached hydrogens (tertiary/aromatic N) is 3. The topological polar surface area (TPSA) is 68.9 Å². The summed E-state index contributed by atoms with van der Waals surface area (Å²) in [5, 5.41) is 5.41. The van der Waals surface area contributed by atoms with Crippen molar-refractivity contribution in [2.45, 2.75) is 12.7 Å². The van der Waals surface area contributed by atoms with Gasteiger partial charge in [-0.1, -0.05) is 6.08 Å². The third kappa shape index (κ3) is 2.99. The summed E-state index contributed by atoms with van der Waals surface area (Å²) < 4.78 is 38.1. The fourth-order valence-corrected chi connectivity index (χ4v) is 1.22. The van der Waals surface area contributed by atoms with Gasteiger partial charge in [0.15, 0.2) is 0 Å². The van der Waals surface area contributed by atoms with E-state index in [-0.39, 0.29) is 6.54 Å². The van der Waals surface area contributed by atoms with E-state index in [1.54, 1.807) is 0 Å². The molecular formula is C9H11F3N4O2. The minimum Gasteiger partial charge on any atom is -0.351 e. The van der Waals surface area contributed by atoms with Crippen molar-refractivity contribution in [3.05, 3.63) is 29.0 Å². The number of rotatable bonds is 4. The van der Waals surface area contributed by atoms with Gasteiger partial charge >= 0.3 is 11.9 Å². The molecule has 0 unspecified atom stereocenters. The average Bonchev–Trinajstić information content (AvgIpc) is 2.54. The lowest BCUT2D eigenvalue weighted by Gasteiger charge is -2.02. The molecule has 1 N–H and O–H groups in total. The van der Waals surface area contributed by atoms with Crippen LogP contribution in [0.1, 0.15) is 5.82 Å². The van der Waals surface area contributed by atoms with E-state index in [1.165, 1.54) is 6.08 Å². The average molecular weight is 264 g/mol. The Morgan fingerprint density at radius 1 is 1.56 bits per heavy atom. The van der Waals surface area contributed by atoms with Crippen molar-refractivity contribution in [1.82, 2.24) is 19.7 Å². The maximum atomic E-state index is 12.4. The molecule has 6 nitrogen and oxygen atoms in total.